The van der Waals surface area contributed by atoms with Crippen LogP contribution in [0.3, 0.4) is 0 Å². The number of hydrogen-bond donors (Lipinski definition) is 2. The fraction of sp³-hybridized carbons (Fsp3) is 0.786. The smallest absolute Gasteiger partial charge is 0.303 e. The van der Waals surface area contributed by atoms with Crippen LogP contribution in [-0.2, 0) is 38.1 Å². The van der Waals surface area contributed by atoms with Gasteiger partial charge in [-0.2, -0.15) is 0 Å². The molecule has 2 saturated carbocycles. The Bertz CT molecular complexity index is 1020. The standard InChI is InChI=1S/C28H42O10/c1-14-20(36-16(3)30)11-19-24(38-18(5)32)25-27(8,10-9-22(33)28(25,34)13-35-15(2)29)12-21(37-17(4)31)23(14)26(19,6)7/h19-22,24-25,33-34H,9-13H2,1-8H3/t19?,20-,21-,22-,24+,25-,27-,28-/m0/s1. The molecule has 3 rings (SSSR count). The predicted octanol–water partition coefficient (Wildman–Crippen LogP) is 2.62. The lowest BCUT2D eigenvalue weighted by Gasteiger charge is -2.61. The van der Waals surface area contributed by atoms with Gasteiger partial charge in [-0.3, -0.25) is 19.2 Å². The molecule has 8 atom stereocenters. The van der Waals surface area contributed by atoms with E-state index in [0.717, 1.165) is 11.1 Å². The summed E-state index contributed by atoms with van der Waals surface area (Å²) in [7, 11) is 0. The number of rotatable bonds is 5. The van der Waals surface area contributed by atoms with Gasteiger partial charge in [-0.05, 0) is 54.6 Å². The first-order chi connectivity index (χ1) is 17.4. The van der Waals surface area contributed by atoms with Gasteiger partial charge >= 0.3 is 23.9 Å². The summed E-state index contributed by atoms with van der Waals surface area (Å²) in [5.74, 6) is -3.58. The van der Waals surface area contributed by atoms with Crippen LogP contribution in [-0.4, -0.2) is 70.7 Å². The molecule has 0 heterocycles. The summed E-state index contributed by atoms with van der Waals surface area (Å²) in [6.45, 7) is 12.3. The second-order valence-electron chi connectivity index (χ2n) is 12.1. The van der Waals surface area contributed by atoms with Gasteiger partial charge in [-0.1, -0.05) is 20.8 Å². The van der Waals surface area contributed by atoms with Gasteiger partial charge in [-0.15, -0.1) is 0 Å². The molecular weight excluding hydrogens is 496 g/mol. The fourth-order valence-corrected chi connectivity index (χ4v) is 7.53. The highest BCUT2D eigenvalue weighted by atomic mass is 16.6. The number of esters is 4. The third kappa shape index (κ3) is 5.47. The molecule has 0 aromatic carbocycles. The lowest BCUT2D eigenvalue weighted by Crippen LogP contribution is -2.68. The molecule has 1 unspecified atom stereocenters. The van der Waals surface area contributed by atoms with Gasteiger partial charge in [0.05, 0.1) is 6.10 Å². The highest BCUT2D eigenvalue weighted by Crippen LogP contribution is 2.61. The first-order valence-corrected chi connectivity index (χ1v) is 13.2. The normalized spacial score (nSPS) is 38.2. The Morgan fingerprint density at radius 3 is 1.97 bits per heavy atom. The molecule has 0 saturated heterocycles. The third-order valence-corrected chi connectivity index (χ3v) is 8.98. The van der Waals surface area contributed by atoms with Crippen molar-refractivity contribution < 1.29 is 48.3 Å². The predicted molar refractivity (Wildman–Crippen MR) is 134 cm³/mol. The highest BCUT2D eigenvalue weighted by Gasteiger charge is 2.65. The molecule has 0 spiro atoms. The molecule has 2 fully saturated rings. The van der Waals surface area contributed by atoms with E-state index in [1.165, 1.54) is 27.7 Å². The number of carbonyl (C=O) groups is 4. The summed E-state index contributed by atoms with van der Waals surface area (Å²) in [6.07, 6.45) is -2.44. The van der Waals surface area contributed by atoms with Crippen molar-refractivity contribution in [2.75, 3.05) is 6.61 Å². The van der Waals surface area contributed by atoms with Gasteiger partial charge in [0.2, 0.25) is 0 Å². The van der Waals surface area contributed by atoms with Crippen LogP contribution < -0.4 is 0 Å². The van der Waals surface area contributed by atoms with Gasteiger partial charge in [-0.25, -0.2) is 0 Å². The fourth-order valence-electron chi connectivity index (χ4n) is 7.53. The van der Waals surface area contributed by atoms with Crippen LogP contribution in [0, 0.1) is 22.7 Å². The maximum atomic E-state index is 12.5. The van der Waals surface area contributed by atoms with Gasteiger partial charge < -0.3 is 29.2 Å². The number of aliphatic hydroxyl groups excluding tert-OH is 1. The van der Waals surface area contributed by atoms with Crippen LogP contribution in [0.4, 0.5) is 0 Å². The van der Waals surface area contributed by atoms with Crippen LogP contribution in [0.15, 0.2) is 11.1 Å². The molecule has 3 aliphatic rings. The average molecular weight is 539 g/mol. The second kappa shape index (κ2) is 10.6. The van der Waals surface area contributed by atoms with E-state index in [1.54, 1.807) is 0 Å². The molecule has 3 aliphatic carbocycles. The van der Waals surface area contributed by atoms with Crippen molar-refractivity contribution in [3.8, 4) is 0 Å². The number of hydrogen-bond acceptors (Lipinski definition) is 10. The van der Waals surface area contributed by atoms with Gasteiger partial charge in [0.25, 0.3) is 0 Å². The van der Waals surface area contributed by atoms with Crippen molar-refractivity contribution in [3.63, 3.8) is 0 Å². The Labute approximate surface area is 224 Å². The quantitative estimate of drug-likeness (QED) is 0.304. The zero-order chi connectivity index (χ0) is 28.8. The number of aliphatic hydroxyl groups is 2. The molecule has 38 heavy (non-hydrogen) atoms. The van der Waals surface area contributed by atoms with Crippen LogP contribution in [0.25, 0.3) is 0 Å². The summed E-state index contributed by atoms with van der Waals surface area (Å²) in [6, 6.07) is 0. The second-order valence-corrected chi connectivity index (χ2v) is 12.1. The van der Waals surface area contributed by atoms with E-state index in [4.69, 9.17) is 18.9 Å². The zero-order valence-corrected chi connectivity index (χ0v) is 23.7. The molecule has 10 nitrogen and oxygen atoms in total. The Hall–Kier alpha value is -2.46. The van der Waals surface area contributed by atoms with Gasteiger partial charge in [0, 0.05) is 39.5 Å². The van der Waals surface area contributed by atoms with Gasteiger partial charge in [0.15, 0.2) is 0 Å². The molecule has 10 heteroatoms. The Morgan fingerprint density at radius 2 is 1.45 bits per heavy atom. The zero-order valence-electron chi connectivity index (χ0n) is 23.7. The molecule has 214 valence electrons. The molecule has 0 aliphatic heterocycles. The van der Waals surface area contributed by atoms with Crippen molar-refractivity contribution >= 4 is 23.9 Å². The minimum absolute atomic E-state index is 0.201. The maximum Gasteiger partial charge on any atom is 0.303 e. The third-order valence-electron chi connectivity index (χ3n) is 8.98. The lowest BCUT2D eigenvalue weighted by molar-refractivity contribution is -0.252. The summed E-state index contributed by atoms with van der Waals surface area (Å²) >= 11 is 0. The summed E-state index contributed by atoms with van der Waals surface area (Å²) in [5, 5.41) is 23.3. The van der Waals surface area contributed by atoms with Crippen LogP contribution in [0.2, 0.25) is 0 Å². The van der Waals surface area contributed by atoms with E-state index in [1.807, 2.05) is 27.7 Å². The molecule has 2 N–H and O–H groups in total. The number of fused-ring (bicyclic) bond motifs is 3. The highest BCUT2D eigenvalue weighted by molar-refractivity contribution is 5.68. The first-order valence-electron chi connectivity index (χ1n) is 13.2. The monoisotopic (exact) mass is 538 g/mol. The van der Waals surface area contributed by atoms with E-state index in [2.05, 4.69) is 0 Å². The largest absolute Gasteiger partial charge is 0.463 e. The van der Waals surface area contributed by atoms with Crippen LogP contribution >= 0.6 is 0 Å². The minimum atomic E-state index is -1.96. The Balaban J connectivity index is 2.33. The average Bonchev–Trinajstić information content (AvgIpc) is 2.75. The van der Waals surface area contributed by atoms with E-state index in [0.29, 0.717) is 6.42 Å². The minimum Gasteiger partial charge on any atom is -0.463 e. The maximum absolute atomic E-state index is 12.5. The van der Waals surface area contributed by atoms with E-state index in [-0.39, 0.29) is 19.3 Å². The molecule has 0 radical (unpaired) electrons. The first kappa shape index (κ1) is 30.1. The number of ether oxygens (including phenoxy) is 4. The van der Waals surface area contributed by atoms with Crippen molar-refractivity contribution in [1.82, 2.24) is 0 Å². The lowest BCUT2D eigenvalue weighted by atomic mass is 9.48. The van der Waals surface area contributed by atoms with Crippen LogP contribution in [0.1, 0.15) is 81.1 Å². The van der Waals surface area contributed by atoms with Crippen LogP contribution in [0.5, 0.6) is 0 Å². The summed E-state index contributed by atoms with van der Waals surface area (Å²) in [4.78, 5) is 48.7. The SMILES string of the molecule is CC(=O)OC[C@]1(O)[C@@H](O)CC[C@@]2(C)C[C@H](OC(C)=O)C3=C(C)[C@@H](OC(C)=O)CC([C@@H](OC(C)=O)[C@@H]21)C3(C)C. The molecule has 2 bridgehead atoms. The molecule has 0 aromatic rings. The Kier molecular flexibility index (Phi) is 8.39. The summed E-state index contributed by atoms with van der Waals surface area (Å²) in [5.41, 5.74) is -1.92. The summed E-state index contributed by atoms with van der Waals surface area (Å²) < 4.78 is 22.9. The van der Waals surface area contributed by atoms with Crippen molar-refractivity contribution in [2.24, 2.45) is 22.7 Å². The van der Waals surface area contributed by atoms with E-state index >= 15 is 0 Å². The molecule has 0 aromatic heterocycles. The topological polar surface area (TPSA) is 146 Å². The molecule has 0 amide bonds. The molecular formula is C28H42O10. The van der Waals surface area contributed by atoms with Crippen molar-refractivity contribution in [3.05, 3.63) is 11.1 Å². The Morgan fingerprint density at radius 1 is 0.895 bits per heavy atom. The van der Waals surface area contributed by atoms with Crippen molar-refractivity contribution in [2.45, 2.75) is 111 Å². The van der Waals surface area contributed by atoms with E-state index < -0.39 is 83.2 Å². The van der Waals surface area contributed by atoms with Gasteiger partial charge in [0.1, 0.15) is 30.5 Å². The van der Waals surface area contributed by atoms with E-state index in [9.17, 15) is 29.4 Å². The number of carbonyl (C=O) groups excluding carboxylic acids is 4. The van der Waals surface area contributed by atoms with Crippen molar-refractivity contribution in [1.29, 1.82) is 0 Å².